The molecule has 0 aliphatic carbocycles. The molecule has 0 aromatic carbocycles. The molecule has 0 aromatic rings. The molecule has 2 fully saturated rings. The van der Waals surface area contributed by atoms with E-state index in [-0.39, 0.29) is 18.1 Å². The van der Waals surface area contributed by atoms with Gasteiger partial charge in [-0.15, -0.1) is 0 Å². The van der Waals surface area contributed by atoms with Crippen LogP contribution in [0.5, 0.6) is 0 Å². The lowest BCUT2D eigenvalue weighted by Crippen LogP contribution is -2.47. The third-order valence-corrected chi connectivity index (χ3v) is 5.65. The van der Waals surface area contributed by atoms with Crippen molar-refractivity contribution in [1.82, 2.24) is 10.2 Å². The van der Waals surface area contributed by atoms with Crippen LogP contribution >= 0.6 is 0 Å². The monoisotopic (exact) mass is 286 g/mol. The van der Waals surface area contributed by atoms with Crippen molar-refractivity contribution in [3.05, 3.63) is 0 Å². The third-order valence-electron chi connectivity index (χ3n) is 4.27. The Labute approximate surface area is 118 Å². The molecule has 0 spiro atoms. The molecule has 4 nitrogen and oxygen atoms in total. The Morgan fingerprint density at radius 3 is 2.58 bits per heavy atom. The lowest BCUT2D eigenvalue weighted by atomic mass is 10.1. The first-order valence-corrected chi connectivity index (χ1v) is 9.09. The van der Waals surface area contributed by atoms with Gasteiger partial charge in [0, 0.05) is 28.3 Å². The van der Waals surface area contributed by atoms with E-state index in [0.717, 1.165) is 50.0 Å². The Kier molecular flexibility index (Phi) is 5.39. The van der Waals surface area contributed by atoms with Crippen molar-refractivity contribution in [2.45, 2.75) is 70.6 Å². The van der Waals surface area contributed by atoms with Crippen molar-refractivity contribution in [3.8, 4) is 0 Å². The first-order chi connectivity index (χ1) is 9.17. The normalized spacial score (nSPS) is 35.9. The zero-order valence-corrected chi connectivity index (χ0v) is 12.9. The van der Waals surface area contributed by atoms with Crippen molar-refractivity contribution in [2.24, 2.45) is 0 Å². The molecule has 110 valence electrons. The second-order valence-corrected chi connectivity index (χ2v) is 7.31. The zero-order valence-electron chi connectivity index (χ0n) is 12.1. The SMILES string of the molecule is CCCCC1NC(CC)N(C2CCS(=O)CC2)C1=O. The van der Waals surface area contributed by atoms with Gasteiger partial charge < -0.3 is 4.90 Å². The zero-order chi connectivity index (χ0) is 13.8. The van der Waals surface area contributed by atoms with Crippen LogP contribution in [0.3, 0.4) is 0 Å². The average Bonchev–Trinajstić information content (AvgIpc) is 2.74. The van der Waals surface area contributed by atoms with E-state index >= 15 is 0 Å². The van der Waals surface area contributed by atoms with Gasteiger partial charge in [0.1, 0.15) is 0 Å². The second kappa shape index (κ2) is 6.84. The molecule has 0 radical (unpaired) electrons. The van der Waals surface area contributed by atoms with Gasteiger partial charge in [-0.1, -0.05) is 26.7 Å². The topological polar surface area (TPSA) is 49.4 Å². The molecule has 2 saturated heterocycles. The summed E-state index contributed by atoms with van der Waals surface area (Å²) in [6.07, 6.45) is 6.11. The molecule has 2 heterocycles. The molecule has 1 amide bonds. The quantitative estimate of drug-likeness (QED) is 0.835. The average molecular weight is 286 g/mol. The van der Waals surface area contributed by atoms with Crippen LogP contribution in [0.2, 0.25) is 0 Å². The van der Waals surface area contributed by atoms with Gasteiger partial charge >= 0.3 is 0 Å². The van der Waals surface area contributed by atoms with E-state index in [0.29, 0.717) is 6.04 Å². The molecule has 0 bridgehead atoms. The van der Waals surface area contributed by atoms with E-state index in [9.17, 15) is 9.00 Å². The number of amides is 1. The molecule has 1 N–H and O–H groups in total. The summed E-state index contributed by atoms with van der Waals surface area (Å²) in [7, 11) is -0.657. The van der Waals surface area contributed by atoms with Crippen LogP contribution in [-0.2, 0) is 15.6 Å². The Balaban J connectivity index is 2.01. The maximum atomic E-state index is 12.5. The van der Waals surface area contributed by atoms with Crippen LogP contribution in [0.15, 0.2) is 0 Å². The molecule has 2 atom stereocenters. The Morgan fingerprint density at radius 2 is 2.00 bits per heavy atom. The number of nitrogens with zero attached hydrogens (tertiary/aromatic N) is 1. The maximum absolute atomic E-state index is 12.5. The number of carbonyl (C=O) groups is 1. The summed E-state index contributed by atoms with van der Waals surface area (Å²) in [5.74, 6) is 1.78. The van der Waals surface area contributed by atoms with Gasteiger partial charge in [-0.05, 0) is 25.7 Å². The molecule has 5 heteroatoms. The van der Waals surface area contributed by atoms with Crippen LogP contribution in [0.4, 0.5) is 0 Å². The Bertz CT molecular complexity index is 338. The van der Waals surface area contributed by atoms with Gasteiger partial charge in [-0.3, -0.25) is 14.3 Å². The van der Waals surface area contributed by atoms with Crippen LogP contribution in [-0.4, -0.2) is 44.8 Å². The van der Waals surface area contributed by atoms with Gasteiger partial charge in [-0.2, -0.15) is 0 Å². The molecule has 2 aliphatic heterocycles. The number of hydrogen-bond donors (Lipinski definition) is 1. The molecule has 19 heavy (non-hydrogen) atoms. The minimum Gasteiger partial charge on any atom is -0.323 e. The summed E-state index contributed by atoms with van der Waals surface area (Å²) < 4.78 is 11.5. The lowest BCUT2D eigenvalue weighted by Gasteiger charge is -2.34. The number of nitrogens with one attached hydrogen (secondary N) is 1. The predicted molar refractivity (Wildman–Crippen MR) is 78.3 cm³/mol. The van der Waals surface area contributed by atoms with E-state index in [4.69, 9.17) is 0 Å². The summed E-state index contributed by atoms with van der Waals surface area (Å²) in [5, 5.41) is 3.48. The van der Waals surface area contributed by atoms with Crippen LogP contribution in [0.25, 0.3) is 0 Å². The smallest absolute Gasteiger partial charge is 0.241 e. The van der Waals surface area contributed by atoms with E-state index < -0.39 is 10.8 Å². The van der Waals surface area contributed by atoms with Gasteiger partial charge in [0.25, 0.3) is 0 Å². The molecule has 2 aliphatic rings. The number of carbonyl (C=O) groups excluding carboxylic acids is 1. The minimum absolute atomic E-state index is 0.0114. The van der Waals surface area contributed by atoms with Crippen molar-refractivity contribution >= 4 is 16.7 Å². The van der Waals surface area contributed by atoms with Crippen LogP contribution in [0.1, 0.15) is 52.4 Å². The molecular weight excluding hydrogens is 260 g/mol. The van der Waals surface area contributed by atoms with E-state index in [1.807, 2.05) is 0 Å². The predicted octanol–water partition coefficient (Wildman–Crippen LogP) is 1.62. The summed E-state index contributed by atoms with van der Waals surface area (Å²) >= 11 is 0. The first-order valence-electron chi connectivity index (χ1n) is 7.60. The van der Waals surface area contributed by atoms with E-state index in [2.05, 4.69) is 24.1 Å². The van der Waals surface area contributed by atoms with Gasteiger partial charge in [-0.25, -0.2) is 0 Å². The number of rotatable bonds is 5. The number of unbranched alkanes of at least 4 members (excludes halogenated alkanes) is 1. The molecular formula is C14H26N2O2S. The highest BCUT2D eigenvalue weighted by Gasteiger charge is 2.41. The maximum Gasteiger partial charge on any atom is 0.241 e. The van der Waals surface area contributed by atoms with Gasteiger partial charge in [0.05, 0.1) is 12.2 Å². The fourth-order valence-electron chi connectivity index (χ4n) is 3.14. The van der Waals surface area contributed by atoms with Gasteiger partial charge in [0.15, 0.2) is 0 Å². The molecule has 2 rings (SSSR count). The molecule has 0 aromatic heterocycles. The third kappa shape index (κ3) is 3.37. The van der Waals surface area contributed by atoms with Crippen LogP contribution in [0, 0.1) is 0 Å². The van der Waals surface area contributed by atoms with E-state index in [1.165, 1.54) is 0 Å². The largest absolute Gasteiger partial charge is 0.323 e. The Hall–Kier alpha value is -0.420. The second-order valence-electron chi connectivity index (χ2n) is 5.61. The number of hydrogen-bond acceptors (Lipinski definition) is 3. The fourth-order valence-corrected chi connectivity index (χ4v) is 4.41. The molecule has 2 unspecified atom stereocenters. The van der Waals surface area contributed by atoms with E-state index in [1.54, 1.807) is 0 Å². The minimum atomic E-state index is -0.657. The highest BCUT2D eigenvalue weighted by molar-refractivity contribution is 7.85. The van der Waals surface area contributed by atoms with Crippen LogP contribution < -0.4 is 5.32 Å². The summed E-state index contributed by atoms with van der Waals surface area (Å²) in [6, 6.07) is 0.312. The summed E-state index contributed by atoms with van der Waals surface area (Å²) in [4.78, 5) is 14.6. The highest BCUT2D eigenvalue weighted by atomic mass is 32.2. The van der Waals surface area contributed by atoms with Gasteiger partial charge in [0.2, 0.25) is 5.91 Å². The van der Waals surface area contributed by atoms with Crippen molar-refractivity contribution in [2.75, 3.05) is 11.5 Å². The summed E-state index contributed by atoms with van der Waals surface area (Å²) in [5.41, 5.74) is 0. The van der Waals surface area contributed by atoms with Crippen molar-refractivity contribution in [1.29, 1.82) is 0 Å². The van der Waals surface area contributed by atoms with Crippen molar-refractivity contribution in [3.63, 3.8) is 0 Å². The fraction of sp³-hybridized carbons (Fsp3) is 0.929. The summed E-state index contributed by atoms with van der Waals surface area (Å²) in [6.45, 7) is 4.28. The first kappa shape index (κ1) is 15.0. The van der Waals surface area contributed by atoms with Crippen molar-refractivity contribution < 1.29 is 9.00 Å². The lowest BCUT2D eigenvalue weighted by molar-refractivity contribution is -0.132. The highest BCUT2D eigenvalue weighted by Crippen LogP contribution is 2.25. The Morgan fingerprint density at radius 1 is 1.32 bits per heavy atom. The standard InChI is InChI=1S/C14H26N2O2S/c1-3-5-6-12-14(17)16(13(4-2)15-12)11-7-9-19(18)10-8-11/h11-13,15H,3-10H2,1-2H3. The molecule has 0 saturated carbocycles.